The lowest BCUT2D eigenvalue weighted by Crippen LogP contribution is -2.32. The Bertz CT molecular complexity index is 164. The van der Waals surface area contributed by atoms with E-state index >= 15 is 0 Å². The van der Waals surface area contributed by atoms with Gasteiger partial charge >= 0.3 is 0 Å². The Morgan fingerprint density at radius 3 is 2.67 bits per heavy atom. The molecule has 1 rings (SSSR count). The van der Waals surface area contributed by atoms with Gasteiger partial charge in [-0.3, -0.25) is 4.79 Å². The van der Waals surface area contributed by atoms with E-state index in [1.165, 1.54) is 25.7 Å². The molecule has 1 aliphatic rings. The Morgan fingerprint density at radius 2 is 2.25 bits per heavy atom. The molecule has 1 aliphatic carbocycles. The van der Waals surface area contributed by atoms with Crippen molar-refractivity contribution in [2.75, 3.05) is 13.1 Å². The van der Waals surface area contributed by atoms with Gasteiger partial charge in [0.2, 0.25) is 5.91 Å². The lowest BCUT2D eigenvalue weighted by Gasteiger charge is -2.13. The Labute approximate surface area is 73.7 Å². The monoisotopic (exact) mass is 170 g/mol. The van der Waals surface area contributed by atoms with Gasteiger partial charge in [0, 0.05) is 6.54 Å². The van der Waals surface area contributed by atoms with Gasteiger partial charge < -0.3 is 11.1 Å². The van der Waals surface area contributed by atoms with Crippen molar-refractivity contribution in [3.63, 3.8) is 0 Å². The SMILES string of the molecule is CCCC1(CNCC(N)=O)CC1. The first-order valence-electron chi connectivity index (χ1n) is 4.67. The van der Waals surface area contributed by atoms with Crippen molar-refractivity contribution in [3.05, 3.63) is 0 Å². The Hall–Kier alpha value is -0.570. The van der Waals surface area contributed by atoms with Crippen LogP contribution < -0.4 is 11.1 Å². The van der Waals surface area contributed by atoms with E-state index in [2.05, 4.69) is 12.2 Å². The summed E-state index contributed by atoms with van der Waals surface area (Å²) in [5.41, 5.74) is 5.53. The summed E-state index contributed by atoms with van der Waals surface area (Å²) in [6.45, 7) is 3.49. The van der Waals surface area contributed by atoms with Crippen LogP contribution in [0.1, 0.15) is 32.6 Å². The van der Waals surface area contributed by atoms with Gasteiger partial charge in [-0.2, -0.15) is 0 Å². The normalized spacial score (nSPS) is 19.1. The number of carbonyl (C=O) groups excluding carboxylic acids is 1. The Kier molecular flexibility index (Phi) is 3.09. The molecule has 0 radical (unpaired) electrons. The van der Waals surface area contributed by atoms with Crippen LogP contribution in [0.3, 0.4) is 0 Å². The number of amides is 1. The maximum Gasteiger partial charge on any atom is 0.231 e. The number of primary amides is 1. The van der Waals surface area contributed by atoms with E-state index in [1.807, 2.05) is 0 Å². The van der Waals surface area contributed by atoms with E-state index in [4.69, 9.17) is 5.73 Å². The smallest absolute Gasteiger partial charge is 0.231 e. The van der Waals surface area contributed by atoms with E-state index in [0.29, 0.717) is 12.0 Å². The van der Waals surface area contributed by atoms with Crippen LogP contribution in [0.15, 0.2) is 0 Å². The highest BCUT2D eigenvalue weighted by Crippen LogP contribution is 2.48. The molecule has 0 aromatic carbocycles. The predicted octanol–water partition coefficient (Wildman–Crippen LogP) is 0.642. The van der Waals surface area contributed by atoms with Gasteiger partial charge in [0.1, 0.15) is 0 Å². The number of hydrogen-bond donors (Lipinski definition) is 2. The fourth-order valence-electron chi connectivity index (χ4n) is 1.67. The highest BCUT2D eigenvalue weighted by Gasteiger charge is 2.40. The molecule has 1 saturated carbocycles. The van der Waals surface area contributed by atoms with Crippen LogP contribution in [0, 0.1) is 5.41 Å². The van der Waals surface area contributed by atoms with Gasteiger partial charge in [-0.15, -0.1) is 0 Å². The predicted molar refractivity (Wildman–Crippen MR) is 48.6 cm³/mol. The summed E-state index contributed by atoms with van der Waals surface area (Å²) < 4.78 is 0. The first-order valence-corrected chi connectivity index (χ1v) is 4.67. The van der Waals surface area contributed by atoms with Crippen LogP contribution in [0.2, 0.25) is 0 Å². The largest absolute Gasteiger partial charge is 0.369 e. The quantitative estimate of drug-likeness (QED) is 0.614. The minimum atomic E-state index is -0.262. The molecule has 70 valence electrons. The van der Waals surface area contributed by atoms with Crippen LogP contribution in [0.4, 0.5) is 0 Å². The van der Waals surface area contributed by atoms with Gasteiger partial charge in [-0.1, -0.05) is 13.3 Å². The first-order chi connectivity index (χ1) is 5.68. The maximum absolute atomic E-state index is 10.4. The summed E-state index contributed by atoms with van der Waals surface area (Å²) >= 11 is 0. The van der Waals surface area contributed by atoms with Crippen molar-refractivity contribution in [3.8, 4) is 0 Å². The molecule has 3 heteroatoms. The minimum Gasteiger partial charge on any atom is -0.369 e. The summed E-state index contributed by atoms with van der Waals surface area (Å²) in [5, 5.41) is 3.10. The van der Waals surface area contributed by atoms with Crippen molar-refractivity contribution < 1.29 is 4.79 Å². The third-order valence-electron chi connectivity index (χ3n) is 2.54. The molecule has 0 aliphatic heterocycles. The molecular formula is C9H18N2O. The molecule has 3 nitrogen and oxygen atoms in total. The van der Waals surface area contributed by atoms with Crippen LogP contribution >= 0.6 is 0 Å². The van der Waals surface area contributed by atoms with Crippen LogP contribution in [-0.2, 0) is 4.79 Å². The van der Waals surface area contributed by atoms with Crippen LogP contribution in [0.25, 0.3) is 0 Å². The molecule has 0 spiro atoms. The Morgan fingerprint density at radius 1 is 1.58 bits per heavy atom. The Balaban J connectivity index is 2.09. The number of carbonyl (C=O) groups is 1. The van der Waals surface area contributed by atoms with Crippen molar-refractivity contribution in [2.45, 2.75) is 32.6 Å². The van der Waals surface area contributed by atoms with Gasteiger partial charge in [0.15, 0.2) is 0 Å². The molecule has 3 N–H and O–H groups in total. The molecule has 0 unspecified atom stereocenters. The van der Waals surface area contributed by atoms with Crippen molar-refractivity contribution in [1.29, 1.82) is 0 Å². The maximum atomic E-state index is 10.4. The third kappa shape index (κ3) is 2.81. The number of nitrogens with one attached hydrogen (secondary N) is 1. The number of nitrogens with two attached hydrogens (primary N) is 1. The van der Waals surface area contributed by atoms with Crippen molar-refractivity contribution in [2.24, 2.45) is 11.1 Å². The number of rotatable bonds is 6. The molecule has 1 fully saturated rings. The van der Waals surface area contributed by atoms with E-state index in [9.17, 15) is 4.79 Å². The molecular weight excluding hydrogens is 152 g/mol. The van der Waals surface area contributed by atoms with Gasteiger partial charge in [-0.25, -0.2) is 0 Å². The highest BCUT2D eigenvalue weighted by atomic mass is 16.1. The first kappa shape index (κ1) is 9.52. The van der Waals surface area contributed by atoms with E-state index in [-0.39, 0.29) is 5.91 Å². The second-order valence-corrected chi connectivity index (χ2v) is 3.82. The highest BCUT2D eigenvalue weighted by molar-refractivity contribution is 5.75. The van der Waals surface area contributed by atoms with E-state index in [0.717, 1.165) is 6.54 Å². The van der Waals surface area contributed by atoms with E-state index in [1.54, 1.807) is 0 Å². The average molecular weight is 170 g/mol. The van der Waals surface area contributed by atoms with Crippen molar-refractivity contribution >= 4 is 5.91 Å². The zero-order valence-electron chi connectivity index (χ0n) is 7.73. The molecule has 0 aromatic heterocycles. The lowest BCUT2D eigenvalue weighted by atomic mass is 10.0. The zero-order valence-corrected chi connectivity index (χ0v) is 7.73. The number of hydrogen-bond acceptors (Lipinski definition) is 2. The molecule has 0 atom stereocenters. The van der Waals surface area contributed by atoms with Gasteiger partial charge in [0.05, 0.1) is 6.54 Å². The molecule has 0 aromatic rings. The van der Waals surface area contributed by atoms with E-state index < -0.39 is 0 Å². The molecule has 0 heterocycles. The zero-order chi connectivity index (χ0) is 9.03. The fourth-order valence-corrected chi connectivity index (χ4v) is 1.67. The molecule has 1 amide bonds. The van der Waals surface area contributed by atoms with Crippen molar-refractivity contribution in [1.82, 2.24) is 5.32 Å². The second kappa shape index (κ2) is 3.90. The van der Waals surface area contributed by atoms with Gasteiger partial charge in [-0.05, 0) is 24.7 Å². The lowest BCUT2D eigenvalue weighted by molar-refractivity contribution is -0.117. The summed E-state index contributed by atoms with van der Waals surface area (Å²) in [5.74, 6) is -0.262. The summed E-state index contributed by atoms with van der Waals surface area (Å²) in [4.78, 5) is 10.4. The molecule has 0 saturated heterocycles. The minimum absolute atomic E-state index is 0.262. The third-order valence-corrected chi connectivity index (χ3v) is 2.54. The fraction of sp³-hybridized carbons (Fsp3) is 0.889. The average Bonchev–Trinajstić information content (AvgIpc) is 2.69. The van der Waals surface area contributed by atoms with Crippen LogP contribution in [0.5, 0.6) is 0 Å². The standard InChI is InChI=1S/C9H18N2O/c1-2-3-9(4-5-9)7-11-6-8(10)12/h11H,2-7H2,1H3,(H2,10,12). The second-order valence-electron chi connectivity index (χ2n) is 3.82. The van der Waals surface area contributed by atoms with Crippen LogP contribution in [-0.4, -0.2) is 19.0 Å². The molecule has 0 bridgehead atoms. The molecule has 12 heavy (non-hydrogen) atoms. The summed E-state index contributed by atoms with van der Waals surface area (Å²) in [7, 11) is 0. The van der Waals surface area contributed by atoms with Gasteiger partial charge in [0.25, 0.3) is 0 Å². The topological polar surface area (TPSA) is 55.1 Å². The summed E-state index contributed by atoms with van der Waals surface area (Å²) in [6.07, 6.45) is 5.14. The summed E-state index contributed by atoms with van der Waals surface area (Å²) in [6, 6.07) is 0.